The molecule has 1 aromatic heterocycles. The van der Waals surface area contributed by atoms with Crippen molar-refractivity contribution >= 4 is 23.1 Å². The summed E-state index contributed by atoms with van der Waals surface area (Å²) in [6, 6.07) is 18.8. The van der Waals surface area contributed by atoms with Crippen LogP contribution in [-0.2, 0) is 6.54 Å². The fourth-order valence-electron chi connectivity index (χ4n) is 2.49. The van der Waals surface area contributed by atoms with Crippen LogP contribution >= 0.6 is 0 Å². The van der Waals surface area contributed by atoms with E-state index in [9.17, 15) is 0 Å². The van der Waals surface area contributed by atoms with Gasteiger partial charge in [-0.1, -0.05) is 54.6 Å². The molecule has 0 amide bonds. The molecule has 0 saturated heterocycles. The molecule has 0 aliphatic carbocycles. The van der Waals surface area contributed by atoms with Crippen LogP contribution in [0.1, 0.15) is 23.7 Å². The standard InChI is InChI=1S/C22H20N2/c1-2-3-4-7-18-9-11-20-12-10-19(15-21(20)14-18)16-23-17-22-8-5-6-13-24-22/h2-15,17H,16H2,1H3/b3-2+,7-4+,23-17?. The molecule has 3 rings (SSSR count). The smallest absolute Gasteiger partial charge is 0.0807 e. The predicted molar refractivity (Wildman–Crippen MR) is 103 cm³/mol. The third-order valence-electron chi connectivity index (χ3n) is 3.71. The van der Waals surface area contributed by atoms with Crippen LogP contribution in [0.2, 0.25) is 0 Å². The summed E-state index contributed by atoms with van der Waals surface area (Å²) in [6.45, 7) is 2.67. The minimum absolute atomic E-state index is 0.658. The molecule has 0 saturated carbocycles. The molecule has 0 aliphatic heterocycles. The molecule has 0 unspecified atom stereocenters. The number of hydrogen-bond donors (Lipinski definition) is 0. The molecule has 2 nitrogen and oxygen atoms in total. The van der Waals surface area contributed by atoms with Crippen LogP contribution in [0.4, 0.5) is 0 Å². The minimum Gasteiger partial charge on any atom is -0.286 e. The normalized spacial score (nSPS) is 12.0. The van der Waals surface area contributed by atoms with E-state index < -0.39 is 0 Å². The lowest BCUT2D eigenvalue weighted by atomic mass is 10.0. The van der Waals surface area contributed by atoms with Gasteiger partial charge in [-0.05, 0) is 53.1 Å². The molecule has 0 radical (unpaired) electrons. The second kappa shape index (κ2) is 8.02. The number of rotatable bonds is 5. The maximum Gasteiger partial charge on any atom is 0.0807 e. The van der Waals surface area contributed by atoms with Crippen LogP contribution in [0.25, 0.3) is 16.8 Å². The number of benzene rings is 2. The van der Waals surface area contributed by atoms with Gasteiger partial charge in [-0.2, -0.15) is 0 Å². The van der Waals surface area contributed by atoms with Crippen molar-refractivity contribution < 1.29 is 0 Å². The maximum absolute atomic E-state index is 4.49. The van der Waals surface area contributed by atoms with Crippen LogP contribution in [0.3, 0.4) is 0 Å². The Labute approximate surface area is 142 Å². The highest BCUT2D eigenvalue weighted by molar-refractivity contribution is 5.85. The highest BCUT2D eigenvalue weighted by atomic mass is 14.7. The Morgan fingerprint density at radius 3 is 2.71 bits per heavy atom. The van der Waals surface area contributed by atoms with Crippen molar-refractivity contribution in [3.05, 3.63) is 95.8 Å². The summed E-state index contributed by atoms with van der Waals surface area (Å²) in [7, 11) is 0. The van der Waals surface area contributed by atoms with Crippen LogP contribution in [-0.4, -0.2) is 11.2 Å². The number of allylic oxidation sites excluding steroid dienone is 3. The lowest BCUT2D eigenvalue weighted by Gasteiger charge is -2.03. The summed E-state index contributed by atoms with van der Waals surface area (Å²) < 4.78 is 0. The molecule has 0 bridgehead atoms. The zero-order chi connectivity index (χ0) is 16.6. The monoisotopic (exact) mass is 312 g/mol. The summed E-state index contributed by atoms with van der Waals surface area (Å²) in [6.07, 6.45) is 11.8. The molecular formula is C22H20N2. The first kappa shape index (κ1) is 15.9. The van der Waals surface area contributed by atoms with E-state index in [2.05, 4.69) is 58.5 Å². The van der Waals surface area contributed by atoms with E-state index in [-0.39, 0.29) is 0 Å². The second-order valence-electron chi connectivity index (χ2n) is 5.55. The third kappa shape index (κ3) is 4.26. The van der Waals surface area contributed by atoms with E-state index in [0.717, 1.165) is 5.69 Å². The largest absolute Gasteiger partial charge is 0.286 e. The molecule has 3 aromatic rings. The average Bonchev–Trinajstić information content (AvgIpc) is 2.62. The summed E-state index contributed by atoms with van der Waals surface area (Å²) in [5.74, 6) is 0. The topological polar surface area (TPSA) is 25.2 Å². The van der Waals surface area contributed by atoms with Crippen molar-refractivity contribution in [3.63, 3.8) is 0 Å². The fraction of sp³-hybridized carbons (Fsp3) is 0.0909. The van der Waals surface area contributed by atoms with Crippen molar-refractivity contribution in [2.45, 2.75) is 13.5 Å². The van der Waals surface area contributed by atoms with Gasteiger partial charge in [0.2, 0.25) is 0 Å². The van der Waals surface area contributed by atoms with Gasteiger partial charge >= 0.3 is 0 Å². The van der Waals surface area contributed by atoms with Gasteiger partial charge in [0.15, 0.2) is 0 Å². The van der Waals surface area contributed by atoms with Gasteiger partial charge in [-0.15, -0.1) is 0 Å². The van der Waals surface area contributed by atoms with Crippen molar-refractivity contribution in [2.24, 2.45) is 4.99 Å². The first-order chi connectivity index (χ1) is 11.8. The summed E-state index contributed by atoms with van der Waals surface area (Å²) in [5, 5.41) is 2.49. The van der Waals surface area contributed by atoms with Crippen LogP contribution in [0.5, 0.6) is 0 Å². The van der Waals surface area contributed by atoms with Crippen LogP contribution < -0.4 is 0 Å². The van der Waals surface area contributed by atoms with Gasteiger partial charge in [-0.3, -0.25) is 9.98 Å². The van der Waals surface area contributed by atoms with Gasteiger partial charge < -0.3 is 0 Å². The van der Waals surface area contributed by atoms with E-state index in [0.29, 0.717) is 6.54 Å². The maximum atomic E-state index is 4.49. The quantitative estimate of drug-likeness (QED) is 0.454. The fourth-order valence-corrected chi connectivity index (χ4v) is 2.49. The number of aromatic nitrogens is 1. The Kier molecular flexibility index (Phi) is 5.31. The highest BCUT2D eigenvalue weighted by Gasteiger charge is 1.97. The lowest BCUT2D eigenvalue weighted by Crippen LogP contribution is -1.87. The second-order valence-corrected chi connectivity index (χ2v) is 5.55. The first-order valence-corrected chi connectivity index (χ1v) is 8.08. The van der Waals surface area contributed by atoms with Crippen molar-refractivity contribution in [2.75, 3.05) is 0 Å². The van der Waals surface area contributed by atoms with Gasteiger partial charge in [0, 0.05) is 12.4 Å². The molecule has 0 fully saturated rings. The predicted octanol–water partition coefficient (Wildman–Crippen LogP) is 5.44. The first-order valence-electron chi connectivity index (χ1n) is 8.08. The minimum atomic E-state index is 0.658. The van der Waals surface area contributed by atoms with E-state index in [1.165, 1.54) is 21.9 Å². The van der Waals surface area contributed by atoms with E-state index in [4.69, 9.17) is 0 Å². The van der Waals surface area contributed by atoms with E-state index in [1.54, 1.807) is 6.20 Å². The number of nitrogens with zero attached hydrogens (tertiary/aromatic N) is 2. The molecule has 0 aliphatic rings. The van der Waals surface area contributed by atoms with Crippen LogP contribution in [0, 0.1) is 0 Å². The number of aliphatic imine (C=N–C) groups is 1. The number of fused-ring (bicyclic) bond motifs is 1. The summed E-state index contributed by atoms with van der Waals surface area (Å²) in [5.41, 5.74) is 3.29. The summed E-state index contributed by atoms with van der Waals surface area (Å²) >= 11 is 0. The van der Waals surface area contributed by atoms with Crippen molar-refractivity contribution in [3.8, 4) is 0 Å². The highest BCUT2D eigenvalue weighted by Crippen LogP contribution is 2.19. The zero-order valence-corrected chi connectivity index (χ0v) is 13.8. The van der Waals surface area contributed by atoms with E-state index in [1.807, 2.05) is 43.5 Å². The molecule has 118 valence electrons. The molecular weight excluding hydrogens is 292 g/mol. The van der Waals surface area contributed by atoms with Crippen molar-refractivity contribution in [1.82, 2.24) is 4.98 Å². The Morgan fingerprint density at radius 2 is 1.88 bits per heavy atom. The number of hydrogen-bond acceptors (Lipinski definition) is 2. The molecule has 0 N–H and O–H groups in total. The Balaban J connectivity index is 1.78. The Hall–Kier alpha value is -3.00. The number of pyridine rings is 1. The molecule has 2 heteroatoms. The van der Waals surface area contributed by atoms with E-state index >= 15 is 0 Å². The molecule has 1 heterocycles. The zero-order valence-electron chi connectivity index (χ0n) is 13.8. The van der Waals surface area contributed by atoms with Gasteiger partial charge in [-0.25, -0.2) is 0 Å². The Bertz CT molecular complexity index is 890. The summed E-state index contributed by atoms with van der Waals surface area (Å²) in [4.78, 5) is 8.74. The molecule has 24 heavy (non-hydrogen) atoms. The molecule has 0 spiro atoms. The lowest BCUT2D eigenvalue weighted by molar-refractivity contribution is 1.08. The van der Waals surface area contributed by atoms with Gasteiger partial charge in [0.05, 0.1) is 12.2 Å². The SMILES string of the molecule is C/C=C/C=C/c1ccc2ccc(CN=Cc3ccccn3)cc2c1. The average molecular weight is 312 g/mol. The van der Waals surface area contributed by atoms with Crippen molar-refractivity contribution in [1.29, 1.82) is 0 Å². The molecule has 0 atom stereocenters. The van der Waals surface area contributed by atoms with Gasteiger partial charge in [0.1, 0.15) is 0 Å². The third-order valence-corrected chi connectivity index (χ3v) is 3.71. The van der Waals surface area contributed by atoms with Gasteiger partial charge in [0.25, 0.3) is 0 Å². The molecule has 2 aromatic carbocycles. The van der Waals surface area contributed by atoms with Crippen LogP contribution in [0.15, 0.2) is 84.0 Å². The Morgan fingerprint density at radius 1 is 0.958 bits per heavy atom.